The average Bonchev–Trinajstić information content (AvgIpc) is 3.57. The van der Waals surface area contributed by atoms with Gasteiger partial charge in [0.15, 0.2) is 5.82 Å². The Morgan fingerprint density at radius 1 is 0.357 bits per heavy atom. The topological polar surface area (TPSA) is 25.8 Å². The Hall–Kier alpha value is -6.90. The van der Waals surface area contributed by atoms with Crippen molar-refractivity contribution in [1.29, 1.82) is 0 Å². The van der Waals surface area contributed by atoms with E-state index in [9.17, 15) is 0 Å². The molecule has 2 aliphatic carbocycles. The first kappa shape index (κ1) is 32.5. The SMILES string of the molecule is CC1(C)c2ccccc2C2(c3ccccc3-c3c(-c4cccc(-c5cc(-c6cccc7ccccc67)nc(-c6ccccc6)n5)c4)cccc32)c2ccccc21. The van der Waals surface area contributed by atoms with Crippen LogP contribution in [0.2, 0.25) is 0 Å². The highest BCUT2D eigenvalue weighted by Crippen LogP contribution is 2.63. The average molecular weight is 715 g/mol. The van der Waals surface area contributed by atoms with Crippen molar-refractivity contribution in [2.45, 2.75) is 24.7 Å². The third kappa shape index (κ3) is 4.63. The smallest absolute Gasteiger partial charge is 0.160 e. The quantitative estimate of drug-likeness (QED) is 0.181. The van der Waals surface area contributed by atoms with Crippen molar-refractivity contribution in [3.8, 4) is 56.2 Å². The first-order valence-corrected chi connectivity index (χ1v) is 19.5. The van der Waals surface area contributed by atoms with E-state index in [1.54, 1.807) is 0 Å². The maximum Gasteiger partial charge on any atom is 0.160 e. The van der Waals surface area contributed by atoms with Crippen LogP contribution in [0, 0.1) is 0 Å². The molecule has 0 fully saturated rings. The van der Waals surface area contributed by atoms with Crippen LogP contribution in [-0.2, 0) is 10.8 Å². The van der Waals surface area contributed by atoms with Crippen molar-refractivity contribution in [2.24, 2.45) is 0 Å². The maximum atomic E-state index is 5.24. The second-order valence-electron chi connectivity index (χ2n) is 15.7. The molecule has 2 heteroatoms. The fraction of sp³-hybridized carbons (Fsp3) is 0.0741. The van der Waals surface area contributed by atoms with E-state index >= 15 is 0 Å². The summed E-state index contributed by atoms with van der Waals surface area (Å²) in [5.41, 5.74) is 17.5. The second kappa shape index (κ2) is 12.3. The first-order chi connectivity index (χ1) is 27.5. The summed E-state index contributed by atoms with van der Waals surface area (Å²) >= 11 is 0. The molecule has 8 aromatic carbocycles. The third-order valence-corrected chi connectivity index (χ3v) is 12.4. The van der Waals surface area contributed by atoms with E-state index < -0.39 is 5.41 Å². The zero-order valence-electron chi connectivity index (χ0n) is 31.4. The van der Waals surface area contributed by atoms with E-state index in [4.69, 9.17) is 9.97 Å². The van der Waals surface area contributed by atoms with Gasteiger partial charge in [0.05, 0.1) is 16.8 Å². The van der Waals surface area contributed by atoms with Crippen LogP contribution in [0.4, 0.5) is 0 Å². The highest BCUT2D eigenvalue weighted by Gasteiger charge is 2.53. The Bertz CT molecular complexity index is 2950. The summed E-state index contributed by atoms with van der Waals surface area (Å²) in [4.78, 5) is 10.4. The number of nitrogens with zero attached hydrogens (tertiary/aromatic N) is 2. The van der Waals surface area contributed by atoms with Gasteiger partial charge in [0.25, 0.3) is 0 Å². The minimum atomic E-state index is -0.438. The minimum Gasteiger partial charge on any atom is -0.228 e. The van der Waals surface area contributed by atoms with Gasteiger partial charge in [0.1, 0.15) is 0 Å². The van der Waals surface area contributed by atoms with Gasteiger partial charge in [-0.2, -0.15) is 0 Å². The van der Waals surface area contributed by atoms with Crippen LogP contribution in [0.25, 0.3) is 66.9 Å². The van der Waals surface area contributed by atoms with E-state index in [0.717, 1.165) is 33.6 Å². The number of rotatable bonds is 4. The lowest BCUT2D eigenvalue weighted by Gasteiger charge is -2.46. The van der Waals surface area contributed by atoms with Crippen molar-refractivity contribution >= 4 is 10.8 Å². The molecule has 1 spiro atoms. The standard InChI is InChI=1S/C54H38N2/c1-53(2)44-28-10-12-30-46(44)54(47-31-13-11-29-45(47)53)43-27-9-8-24-42(43)51-40(25-16-32-48(51)54)37-21-14-22-38(33-37)49-34-50(56-52(55-49)36-18-4-3-5-19-36)41-26-15-20-35-17-6-7-23-39(35)41/h3-34H,1-2H3. The third-order valence-electron chi connectivity index (χ3n) is 12.4. The van der Waals surface area contributed by atoms with E-state index in [0.29, 0.717) is 5.82 Å². The molecule has 0 N–H and O–H groups in total. The number of benzene rings is 8. The second-order valence-corrected chi connectivity index (χ2v) is 15.7. The van der Waals surface area contributed by atoms with Gasteiger partial charge in [-0.25, -0.2) is 9.97 Å². The number of hydrogen-bond donors (Lipinski definition) is 0. The Labute approximate surface area is 327 Å². The monoisotopic (exact) mass is 714 g/mol. The summed E-state index contributed by atoms with van der Waals surface area (Å²) in [7, 11) is 0. The molecule has 11 rings (SSSR count). The van der Waals surface area contributed by atoms with Gasteiger partial charge in [0, 0.05) is 22.1 Å². The Balaban J connectivity index is 1.13. The molecule has 0 unspecified atom stereocenters. The van der Waals surface area contributed by atoms with Gasteiger partial charge in [-0.15, -0.1) is 0 Å². The summed E-state index contributed by atoms with van der Waals surface area (Å²) in [5.74, 6) is 0.713. The Morgan fingerprint density at radius 2 is 0.875 bits per heavy atom. The zero-order chi connectivity index (χ0) is 37.4. The molecule has 0 radical (unpaired) electrons. The van der Waals surface area contributed by atoms with Crippen molar-refractivity contribution in [2.75, 3.05) is 0 Å². The van der Waals surface area contributed by atoms with E-state index in [1.807, 2.05) is 18.2 Å². The summed E-state index contributed by atoms with van der Waals surface area (Å²) < 4.78 is 0. The maximum absolute atomic E-state index is 5.24. The van der Waals surface area contributed by atoms with E-state index in [-0.39, 0.29) is 5.41 Å². The summed E-state index contributed by atoms with van der Waals surface area (Å²) in [6.45, 7) is 4.76. The van der Waals surface area contributed by atoms with Crippen LogP contribution in [0.1, 0.15) is 47.2 Å². The molecule has 2 nitrogen and oxygen atoms in total. The fourth-order valence-corrected chi connectivity index (χ4v) is 9.89. The van der Waals surface area contributed by atoms with Crippen LogP contribution < -0.4 is 0 Å². The predicted octanol–water partition coefficient (Wildman–Crippen LogP) is 13.3. The normalized spacial score (nSPS) is 14.2. The van der Waals surface area contributed by atoms with Crippen molar-refractivity contribution in [3.63, 3.8) is 0 Å². The molecular weight excluding hydrogens is 677 g/mol. The van der Waals surface area contributed by atoms with Gasteiger partial charge >= 0.3 is 0 Å². The highest BCUT2D eigenvalue weighted by atomic mass is 14.9. The van der Waals surface area contributed by atoms with E-state index in [1.165, 1.54) is 60.8 Å². The molecule has 9 aromatic rings. The molecule has 56 heavy (non-hydrogen) atoms. The van der Waals surface area contributed by atoms with Crippen LogP contribution in [0.15, 0.2) is 194 Å². The highest BCUT2D eigenvalue weighted by molar-refractivity contribution is 5.98. The molecular formula is C54H38N2. The van der Waals surface area contributed by atoms with Crippen LogP contribution >= 0.6 is 0 Å². The predicted molar refractivity (Wildman–Crippen MR) is 231 cm³/mol. The van der Waals surface area contributed by atoms with Crippen LogP contribution in [0.3, 0.4) is 0 Å². The van der Waals surface area contributed by atoms with Crippen molar-refractivity contribution in [1.82, 2.24) is 9.97 Å². The zero-order valence-corrected chi connectivity index (χ0v) is 31.4. The largest absolute Gasteiger partial charge is 0.228 e. The summed E-state index contributed by atoms with van der Waals surface area (Å²) in [6, 6.07) is 70.7. The number of fused-ring (bicyclic) bond motifs is 10. The van der Waals surface area contributed by atoms with Gasteiger partial charge in [0.2, 0.25) is 0 Å². The molecule has 264 valence electrons. The van der Waals surface area contributed by atoms with Gasteiger partial charge in [-0.1, -0.05) is 196 Å². The van der Waals surface area contributed by atoms with Gasteiger partial charge < -0.3 is 0 Å². The lowest BCUT2D eigenvalue weighted by atomic mass is 9.55. The van der Waals surface area contributed by atoms with Gasteiger partial charge in [-0.3, -0.25) is 0 Å². The number of aromatic nitrogens is 2. The lowest BCUT2D eigenvalue weighted by Crippen LogP contribution is -2.40. The summed E-state index contributed by atoms with van der Waals surface area (Å²) in [6.07, 6.45) is 0. The van der Waals surface area contributed by atoms with Gasteiger partial charge in [-0.05, 0) is 78.5 Å². The fourth-order valence-electron chi connectivity index (χ4n) is 9.89. The molecule has 0 amide bonds. The molecule has 0 saturated carbocycles. The van der Waals surface area contributed by atoms with Crippen LogP contribution in [0.5, 0.6) is 0 Å². The Kier molecular flexibility index (Phi) is 7.15. The van der Waals surface area contributed by atoms with Crippen molar-refractivity contribution < 1.29 is 0 Å². The molecule has 0 atom stereocenters. The minimum absolute atomic E-state index is 0.136. The molecule has 1 heterocycles. The molecule has 2 aliphatic rings. The Morgan fingerprint density at radius 3 is 1.66 bits per heavy atom. The van der Waals surface area contributed by atoms with E-state index in [2.05, 4.69) is 190 Å². The first-order valence-electron chi connectivity index (χ1n) is 19.5. The molecule has 0 bridgehead atoms. The molecule has 0 aliphatic heterocycles. The lowest BCUT2D eigenvalue weighted by molar-refractivity contribution is 0.563. The van der Waals surface area contributed by atoms with Crippen molar-refractivity contribution in [3.05, 3.63) is 228 Å². The molecule has 1 aromatic heterocycles. The van der Waals surface area contributed by atoms with Crippen LogP contribution in [-0.4, -0.2) is 9.97 Å². The summed E-state index contributed by atoms with van der Waals surface area (Å²) in [5, 5.41) is 2.37. The molecule has 0 saturated heterocycles. The number of hydrogen-bond acceptors (Lipinski definition) is 2.